The van der Waals surface area contributed by atoms with Crippen molar-refractivity contribution in [3.8, 4) is 10.6 Å². The molecule has 1 heterocycles. The predicted octanol–water partition coefficient (Wildman–Crippen LogP) is 1.63. The first-order chi connectivity index (χ1) is 6.81. The Kier molecular flexibility index (Phi) is 2.38. The molecule has 0 aliphatic rings. The highest BCUT2D eigenvalue weighted by atomic mass is 32.1. The van der Waals surface area contributed by atoms with Gasteiger partial charge in [-0.3, -0.25) is 5.43 Å². The maximum atomic E-state index is 13.3. The van der Waals surface area contributed by atoms with E-state index < -0.39 is 0 Å². The third-order valence-electron chi connectivity index (χ3n) is 1.65. The third-order valence-corrected chi connectivity index (χ3v) is 2.54. The number of hydrazine groups is 1. The Hall–Kier alpha value is -1.53. The number of nitrogens with zero attached hydrogens (tertiary/aromatic N) is 2. The lowest BCUT2D eigenvalue weighted by Crippen LogP contribution is -2.05. The van der Waals surface area contributed by atoms with Crippen LogP contribution in [0.3, 0.4) is 0 Å². The molecule has 6 heteroatoms. The number of hydrogen-bond donors (Lipinski definition) is 2. The number of benzene rings is 1. The number of nitrogens with one attached hydrogen (secondary N) is 1. The van der Waals surface area contributed by atoms with Crippen LogP contribution >= 0.6 is 11.3 Å². The van der Waals surface area contributed by atoms with Gasteiger partial charge in [0.25, 0.3) is 0 Å². The molecular weight excluding hydrogens is 203 g/mol. The lowest BCUT2D eigenvalue weighted by Gasteiger charge is -1.95. The molecule has 0 aliphatic heterocycles. The van der Waals surface area contributed by atoms with Crippen LogP contribution in [0.4, 0.5) is 9.52 Å². The van der Waals surface area contributed by atoms with Gasteiger partial charge in [0.15, 0.2) is 5.01 Å². The second kappa shape index (κ2) is 3.69. The Morgan fingerprint density at radius 2 is 2.07 bits per heavy atom. The largest absolute Gasteiger partial charge is 0.298 e. The van der Waals surface area contributed by atoms with Crippen LogP contribution in [-0.2, 0) is 0 Å². The molecule has 0 saturated carbocycles. The van der Waals surface area contributed by atoms with E-state index in [0.717, 1.165) is 0 Å². The summed E-state index contributed by atoms with van der Waals surface area (Å²) in [6, 6.07) is 6.40. The maximum absolute atomic E-state index is 13.3. The minimum Gasteiger partial charge on any atom is -0.298 e. The van der Waals surface area contributed by atoms with Crippen LogP contribution < -0.4 is 11.3 Å². The molecule has 3 N–H and O–H groups in total. The molecule has 14 heavy (non-hydrogen) atoms. The first-order valence-corrected chi connectivity index (χ1v) is 4.68. The fourth-order valence-electron chi connectivity index (χ4n) is 1.03. The van der Waals surface area contributed by atoms with Gasteiger partial charge in [-0.05, 0) is 12.1 Å². The molecule has 0 aliphatic carbocycles. The molecule has 2 rings (SSSR count). The lowest BCUT2D eigenvalue weighted by atomic mass is 10.2. The summed E-state index contributed by atoms with van der Waals surface area (Å²) in [4.78, 5) is 0. The minimum absolute atomic E-state index is 0.313. The minimum atomic E-state index is -0.313. The number of nitrogens with two attached hydrogens (primary N) is 1. The van der Waals surface area contributed by atoms with Crippen molar-refractivity contribution in [3.63, 3.8) is 0 Å². The second-order valence-electron chi connectivity index (χ2n) is 2.54. The summed E-state index contributed by atoms with van der Waals surface area (Å²) in [6.45, 7) is 0. The number of aromatic nitrogens is 2. The molecular formula is C8H7FN4S. The molecule has 0 unspecified atom stereocenters. The van der Waals surface area contributed by atoms with Gasteiger partial charge in [0.05, 0.1) is 0 Å². The molecule has 2 aromatic rings. The lowest BCUT2D eigenvalue weighted by molar-refractivity contribution is 0.631. The molecule has 1 aromatic carbocycles. The van der Waals surface area contributed by atoms with Gasteiger partial charge < -0.3 is 0 Å². The van der Waals surface area contributed by atoms with E-state index in [1.807, 2.05) is 0 Å². The van der Waals surface area contributed by atoms with E-state index in [9.17, 15) is 4.39 Å². The van der Waals surface area contributed by atoms with E-state index in [4.69, 9.17) is 5.84 Å². The van der Waals surface area contributed by atoms with Crippen LogP contribution in [0.1, 0.15) is 0 Å². The zero-order chi connectivity index (χ0) is 9.97. The van der Waals surface area contributed by atoms with E-state index in [-0.39, 0.29) is 5.82 Å². The summed E-state index contributed by atoms with van der Waals surface area (Å²) in [5.41, 5.74) is 2.80. The molecule has 1 aromatic heterocycles. The van der Waals surface area contributed by atoms with E-state index in [1.165, 1.54) is 17.4 Å². The van der Waals surface area contributed by atoms with Crippen LogP contribution in [0.5, 0.6) is 0 Å². The van der Waals surface area contributed by atoms with E-state index in [1.54, 1.807) is 18.2 Å². The van der Waals surface area contributed by atoms with Crippen molar-refractivity contribution < 1.29 is 4.39 Å². The van der Waals surface area contributed by atoms with Gasteiger partial charge >= 0.3 is 0 Å². The standard InChI is InChI=1S/C8H7FN4S/c9-6-4-2-1-3-5(6)7-12-13-8(11-10)14-7/h1-4H,10H2,(H,11,13). The zero-order valence-electron chi connectivity index (χ0n) is 7.07. The molecule has 0 radical (unpaired) electrons. The van der Waals surface area contributed by atoms with Gasteiger partial charge in [-0.25, -0.2) is 10.2 Å². The Labute approximate surface area is 83.6 Å². The monoisotopic (exact) mass is 210 g/mol. The number of halogens is 1. The van der Waals surface area contributed by atoms with Crippen LogP contribution in [0, 0.1) is 5.82 Å². The van der Waals surface area contributed by atoms with E-state index in [0.29, 0.717) is 15.7 Å². The molecule has 0 fully saturated rings. The van der Waals surface area contributed by atoms with Crippen molar-refractivity contribution in [2.24, 2.45) is 5.84 Å². The van der Waals surface area contributed by atoms with Crippen molar-refractivity contribution in [2.45, 2.75) is 0 Å². The van der Waals surface area contributed by atoms with Crippen LogP contribution in [0.25, 0.3) is 10.6 Å². The summed E-state index contributed by atoms with van der Waals surface area (Å²) >= 11 is 1.20. The summed E-state index contributed by atoms with van der Waals surface area (Å²) in [7, 11) is 0. The highest BCUT2D eigenvalue weighted by molar-refractivity contribution is 7.18. The Morgan fingerprint density at radius 1 is 1.29 bits per heavy atom. The Bertz CT molecular complexity index is 442. The number of nitrogen functional groups attached to an aromatic ring is 1. The Balaban J connectivity index is 2.44. The van der Waals surface area contributed by atoms with Crippen molar-refractivity contribution in [3.05, 3.63) is 30.1 Å². The predicted molar refractivity (Wildman–Crippen MR) is 53.1 cm³/mol. The fourth-order valence-corrected chi connectivity index (χ4v) is 1.71. The topological polar surface area (TPSA) is 63.8 Å². The van der Waals surface area contributed by atoms with Gasteiger partial charge in [0.2, 0.25) is 5.13 Å². The van der Waals surface area contributed by atoms with Crippen molar-refractivity contribution in [1.29, 1.82) is 0 Å². The average Bonchev–Trinajstić information content (AvgIpc) is 2.67. The van der Waals surface area contributed by atoms with E-state index >= 15 is 0 Å². The van der Waals surface area contributed by atoms with Gasteiger partial charge in [-0.2, -0.15) is 0 Å². The zero-order valence-corrected chi connectivity index (χ0v) is 7.88. The van der Waals surface area contributed by atoms with Gasteiger partial charge in [-0.15, -0.1) is 10.2 Å². The van der Waals surface area contributed by atoms with Crippen LogP contribution in [0.15, 0.2) is 24.3 Å². The van der Waals surface area contributed by atoms with Crippen LogP contribution in [-0.4, -0.2) is 10.2 Å². The summed E-state index contributed by atoms with van der Waals surface area (Å²) in [5, 5.41) is 8.49. The molecule has 0 saturated heterocycles. The molecule has 72 valence electrons. The smallest absolute Gasteiger partial charge is 0.220 e. The van der Waals surface area contributed by atoms with Crippen LogP contribution in [0.2, 0.25) is 0 Å². The first-order valence-electron chi connectivity index (χ1n) is 3.86. The average molecular weight is 210 g/mol. The molecule has 4 nitrogen and oxygen atoms in total. The van der Waals surface area contributed by atoms with Gasteiger partial charge in [0, 0.05) is 5.56 Å². The Morgan fingerprint density at radius 3 is 2.71 bits per heavy atom. The number of rotatable bonds is 2. The highest BCUT2D eigenvalue weighted by Gasteiger charge is 2.09. The second-order valence-corrected chi connectivity index (χ2v) is 3.51. The summed E-state index contributed by atoms with van der Waals surface area (Å²) in [6.07, 6.45) is 0. The number of hydrogen-bond acceptors (Lipinski definition) is 5. The van der Waals surface area contributed by atoms with Gasteiger partial charge in [-0.1, -0.05) is 23.5 Å². The summed E-state index contributed by atoms with van der Waals surface area (Å²) < 4.78 is 13.3. The normalized spacial score (nSPS) is 10.1. The quantitative estimate of drug-likeness (QED) is 0.584. The molecule has 0 bridgehead atoms. The first kappa shape index (κ1) is 9.04. The molecule has 0 spiro atoms. The molecule has 0 atom stereocenters. The van der Waals surface area contributed by atoms with Crippen molar-refractivity contribution >= 4 is 16.5 Å². The fraction of sp³-hybridized carbons (Fsp3) is 0. The van der Waals surface area contributed by atoms with Crippen molar-refractivity contribution in [2.75, 3.05) is 5.43 Å². The third kappa shape index (κ3) is 1.57. The highest BCUT2D eigenvalue weighted by Crippen LogP contribution is 2.27. The van der Waals surface area contributed by atoms with E-state index in [2.05, 4.69) is 15.6 Å². The summed E-state index contributed by atoms with van der Waals surface area (Å²) in [5.74, 6) is 4.83. The van der Waals surface area contributed by atoms with Crippen molar-refractivity contribution in [1.82, 2.24) is 10.2 Å². The SMILES string of the molecule is NNc1nnc(-c2ccccc2F)s1. The van der Waals surface area contributed by atoms with Gasteiger partial charge in [0.1, 0.15) is 5.82 Å². The maximum Gasteiger partial charge on any atom is 0.220 e. The number of anilines is 1. The molecule has 0 amide bonds.